The minimum Gasteiger partial charge on any atom is -0.381 e. The monoisotopic (exact) mass is 325 g/mol. The molecule has 2 rings (SSSR count). The van der Waals surface area contributed by atoms with Gasteiger partial charge < -0.3 is 20.3 Å². The normalized spacial score (nSPS) is 30.6. The highest BCUT2D eigenvalue weighted by Gasteiger charge is 2.48. The molecule has 6 nitrogen and oxygen atoms in total. The number of aliphatic imine (C=N–C) groups is 1. The molecule has 1 saturated carbocycles. The van der Waals surface area contributed by atoms with Crippen LogP contribution in [-0.2, 0) is 4.74 Å². The summed E-state index contributed by atoms with van der Waals surface area (Å²) in [7, 11) is 5.84. The lowest BCUT2D eigenvalue weighted by Crippen LogP contribution is -2.63. The van der Waals surface area contributed by atoms with E-state index in [9.17, 15) is 0 Å². The molecule has 1 saturated heterocycles. The first kappa shape index (κ1) is 18.5. The van der Waals surface area contributed by atoms with Crippen molar-refractivity contribution < 1.29 is 4.74 Å². The summed E-state index contributed by atoms with van der Waals surface area (Å²) in [5.41, 5.74) is 0.148. The van der Waals surface area contributed by atoms with Crippen molar-refractivity contribution in [3.63, 3.8) is 0 Å². The number of nitrogens with one attached hydrogen (secondary N) is 2. The summed E-state index contributed by atoms with van der Waals surface area (Å²) in [4.78, 5) is 9.32. The van der Waals surface area contributed by atoms with Crippen LogP contribution in [0, 0.1) is 5.41 Å². The topological polar surface area (TPSA) is 52.1 Å². The molecule has 0 aromatic rings. The van der Waals surface area contributed by atoms with Crippen molar-refractivity contribution in [3.05, 3.63) is 0 Å². The molecule has 6 heteroatoms. The first-order valence-corrected chi connectivity index (χ1v) is 8.81. The molecule has 0 spiro atoms. The quantitative estimate of drug-likeness (QED) is 0.573. The van der Waals surface area contributed by atoms with Gasteiger partial charge in [-0.2, -0.15) is 0 Å². The summed E-state index contributed by atoms with van der Waals surface area (Å²) in [6.45, 7) is 12.3. The van der Waals surface area contributed by atoms with Crippen LogP contribution in [0.3, 0.4) is 0 Å². The standard InChI is InChI=1S/C17H35N5O/c1-13(22-9-7-21(5)8-10-22)12-19-16(18-4)20-14-11-15(23-6)17(14,2)3/h13-15H,7-12H2,1-6H3,(H2,18,19,20). The second kappa shape index (κ2) is 7.81. The number of rotatable bonds is 5. The molecule has 0 bridgehead atoms. The number of hydrogen-bond acceptors (Lipinski definition) is 4. The Morgan fingerprint density at radius 3 is 2.48 bits per heavy atom. The molecule has 3 atom stereocenters. The number of guanidine groups is 1. The van der Waals surface area contributed by atoms with Gasteiger partial charge in [-0.3, -0.25) is 9.89 Å². The van der Waals surface area contributed by atoms with Gasteiger partial charge in [0, 0.05) is 64.4 Å². The number of methoxy groups -OCH3 is 1. The van der Waals surface area contributed by atoms with Gasteiger partial charge in [0.25, 0.3) is 0 Å². The van der Waals surface area contributed by atoms with Crippen molar-refractivity contribution in [3.8, 4) is 0 Å². The summed E-state index contributed by atoms with van der Waals surface area (Å²) in [6, 6.07) is 0.931. The van der Waals surface area contributed by atoms with E-state index in [1.54, 1.807) is 7.11 Å². The zero-order chi connectivity index (χ0) is 17.0. The minimum absolute atomic E-state index is 0.148. The molecular weight excluding hydrogens is 290 g/mol. The van der Waals surface area contributed by atoms with Gasteiger partial charge in [0.2, 0.25) is 0 Å². The van der Waals surface area contributed by atoms with Crippen molar-refractivity contribution in [2.24, 2.45) is 10.4 Å². The molecule has 0 aromatic carbocycles. The lowest BCUT2D eigenvalue weighted by Gasteiger charge is -2.51. The van der Waals surface area contributed by atoms with E-state index in [1.165, 1.54) is 0 Å². The Morgan fingerprint density at radius 2 is 1.96 bits per heavy atom. The number of nitrogens with zero attached hydrogens (tertiary/aromatic N) is 3. The van der Waals surface area contributed by atoms with Gasteiger partial charge in [-0.1, -0.05) is 13.8 Å². The van der Waals surface area contributed by atoms with Crippen LogP contribution >= 0.6 is 0 Å². The second-order valence-corrected chi connectivity index (χ2v) is 7.62. The molecule has 1 aliphatic carbocycles. The molecule has 0 amide bonds. The Labute approximate surface area is 141 Å². The fourth-order valence-electron chi connectivity index (χ4n) is 3.53. The van der Waals surface area contributed by atoms with Crippen LogP contribution in [0.25, 0.3) is 0 Å². The highest BCUT2D eigenvalue weighted by molar-refractivity contribution is 5.80. The maximum absolute atomic E-state index is 5.52. The van der Waals surface area contributed by atoms with E-state index in [4.69, 9.17) is 4.74 Å². The lowest BCUT2D eigenvalue weighted by atomic mass is 9.64. The molecule has 2 fully saturated rings. The van der Waals surface area contributed by atoms with Gasteiger partial charge in [-0.05, 0) is 20.4 Å². The zero-order valence-corrected chi connectivity index (χ0v) is 15.7. The molecule has 0 aromatic heterocycles. The van der Waals surface area contributed by atoms with Crippen LogP contribution in [0.4, 0.5) is 0 Å². The van der Waals surface area contributed by atoms with Gasteiger partial charge in [0.15, 0.2) is 5.96 Å². The van der Waals surface area contributed by atoms with Crippen molar-refractivity contribution in [1.29, 1.82) is 0 Å². The Morgan fingerprint density at radius 1 is 1.30 bits per heavy atom. The van der Waals surface area contributed by atoms with Crippen LogP contribution in [0.15, 0.2) is 4.99 Å². The van der Waals surface area contributed by atoms with E-state index in [0.717, 1.165) is 45.1 Å². The second-order valence-electron chi connectivity index (χ2n) is 7.62. The maximum Gasteiger partial charge on any atom is 0.191 e. The van der Waals surface area contributed by atoms with Gasteiger partial charge in [-0.15, -0.1) is 0 Å². The minimum atomic E-state index is 0.148. The number of piperazine rings is 1. The average Bonchev–Trinajstić information content (AvgIpc) is 2.54. The Hall–Kier alpha value is -0.850. The summed E-state index contributed by atoms with van der Waals surface area (Å²) >= 11 is 0. The predicted molar refractivity (Wildman–Crippen MR) is 96.0 cm³/mol. The molecular formula is C17H35N5O. The third-order valence-electron chi connectivity index (χ3n) is 5.72. The fraction of sp³-hybridized carbons (Fsp3) is 0.941. The smallest absolute Gasteiger partial charge is 0.191 e. The third kappa shape index (κ3) is 4.37. The van der Waals surface area contributed by atoms with Gasteiger partial charge in [0.05, 0.1) is 6.10 Å². The van der Waals surface area contributed by atoms with Gasteiger partial charge in [0.1, 0.15) is 0 Å². The highest BCUT2D eigenvalue weighted by atomic mass is 16.5. The number of ether oxygens (including phenoxy) is 1. The van der Waals surface area contributed by atoms with Crippen LogP contribution in [0.1, 0.15) is 27.2 Å². The first-order chi connectivity index (χ1) is 10.9. The molecule has 23 heavy (non-hydrogen) atoms. The van der Waals surface area contributed by atoms with Crippen LogP contribution < -0.4 is 10.6 Å². The van der Waals surface area contributed by atoms with E-state index in [2.05, 4.69) is 53.2 Å². The van der Waals surface area contributed by atoms with Crippen molar-refractivity contribution in [1.82, 2.24) is 20.4 Å². The Bertz CT molecular complexity index is 404. The van der Waals surface area contributed by atoms with Crippen molar-refractivity contribution >= 4 is 5.96 Å². The fourth-order valence-corrected chi connectivity index (χ4v) is 3.53. The molecule has 2 aliphatic rings. The molecule has 3 unspecified atom stereocenters. The van der Waals surface area contributed by atoms with Gasteiger partial charge in [-0.25, -0.2) is 0 Å². The van der Waals surface area contributed by atoms with Gasteiger partial charge >= 0.3 is 0 Å². The molecule has 134 valence electrons. The first-order valence-electron chi connectivity index (χ1n) is 8.81. The Kier molecular flexibility index (Phi) is 6.28. The highest BCUT2D eigenvalue weighted by Crippen LogP contribution is 2.42. The van der Waals surface area contributed by atoms with E-state index >= 15 is 0 Å². The lowest BCUT2D eigenvalue weighted by molar-refractivity contribution is -0.0922. The molecule has 0 radical (unpaired) electrons. The zero-order valence-electron chi connectivity index (χ0n) is 15.7. The summed E-state index contributed by atoms with van der Waals surface area (Å²) < 4.78 is 5.52. The van der Waals surface area contributed by atoms with Crippen LogP contribution in [-0.4, -0.2) is 87.9 Å². The Balaban J connectivity index is 1.75. The van der Waals surface area contributed by atoms with E-state index in [1.807, 2.05) is 7.05 Å². The summed E-state index contributed by atoms with van der Waals surface area (Å²) in [5.74, 6) is 0.901. The predicted octanol–water partition coefficient (Wildman–Crippen LogP) is 0.601. The largest absolute Gasteiger partial charge is 0.381 e. The van der Waals surface area contributed by atoms with Crippen molar-refractivity contribution in [2.45, 2.75) is 45.4 Å². The van der Waals surface area contributed by atoms with Crippen molar-refractivity contribution in [2.75, 3.05) is 53.9 Å². The van der Waals surface area contributed by atoms with Crippen LogP contribution in [0.2, 0.25) is 0 Å². The number of likely N-dealkylation sites (N-methyl/N-ethyl adjacent to an activating group) is 1. The van der Waals surface area contributed by atoms with E-state index in [0.29, 0.717) is 18.2 Å². The maximum atomic E-state index is 5.52. The average molecular weight is 326 g/mol. The number of hydrogen-bond donors (Lipinski definition) is 2. The summed E-state index contributed by atoms with van der Waals surface area (Å²) in [6.07, 6.45) is 1.38. The third-order valence-corrected chi connectivity index (χ3v) is 5.72. The molecule has 1 heterocycles. The summed E-state index contributed by atoms with van der Waals surface area (Å²) in [5, 5.41) is 7.05. The van der Waals surface area contributed by atoms with Crippen LogP contribution in [0.5, 0.6) is 0 Å². The van der Waals surface area contributed by atoms with E-state index < -0.39 is 0 Å². The van der Waals surface area contributed by atoms with E-state index in [-0.39, 0.29) is 5.41 Å². The molecule has 1 aliphatic heterocycles. The molecule has 2 N–H and O–H groups in total. The SMILES string of the molecule is CN=C(NCC(C)N1CCN(C)CC1)NC1CC(OC)C1(C)C.